The molecule has 0 unspecified atom stereocenters. The number of benzene rings is 1. The second-order valence-corrected chi connectivity index (χ2v) is 6.11. The Labute approximate surface area is 140 Å². The van der Waals surface area contributed by atoms with E-state index in [1.807, 2.05) is 30.7 Å². The second kappa shape index (κ2) is 6.05. The van der Waals surface area contributed by atoms with Crippen LogP contribution in [0.2, 0.25) is 5.02 Å². The number of pyridine rings is 2. The van der Waals surface area contributed by atoms with E-state index in [-0.39, 0.29) is 0 Å². The first-order chi connectivity index (χ1) is 11.3. The predicted octanol–water partition coefficient (Wildman–Crippen LogP) is 3.61. The third kappa shape index (κ3) is 2.82. The Balaban J connectivity index is 1.57. The van der Waals surface area contributed by atoms with Crippen molar-refractivity contribution < 1.29 is 0 Å². The molecule has 4 rings (SSSR count). The zero-order chi connectivity index (χ0) is 15.6. The van der Waals surface area contributed by atoms with Gasteiger partial charge < -0.3 is 9.80 Å². The van der Waals surface area contributed by atoms with Crippen LogP contribution in [0.25, 0.3) is 10.9 Å². The summed E-state index contributed by atoms with van der Waals surface area (Å²) in [5, 5.41) is 1.89. The number of anilines is 2. The van der Waals surface area contributed by atoms with Crippen molar-refractivity contribution in [2.45, 2.75) is 0 Å². The molecule has 0 N–H and O–H groups in total. The summed E-state index contributed by atoms with van der Waals surface area (Å²) in [6, 6.07) is 12.2. The average Bonchev–Trinajstić information content (AvgIpc) is 2.62. The third-order valence-electron chi connectivity index (χ3n) is 4.33. The average molecular weight is 325 g/mol. The van der Waals surface area contributed by atoms with Crippen LogP contribution in [0.3, 0.4) is 0 Å². The van der Waals surface area contributed by atoms with Crippen molar-refractivity contribution in [1.29, 1.82) is 0 Å². The van der Waals surface area contributed by atoms with Gasteiger partial charge in [0, 0.05) is 66.6 Å². The molecule has 1 saturated heterocycles. The van der Waals surface area contributed by atoms with E-state index in [9.17, 15) is 0 Å². The van der Waals surface area contributed by atoms with Gasteiger partial charge in [-0.3, -0.25) is 9.97 Å². The van der Waals surface area contributed by atoms with Crippen molar-refractivity contribution in [3.63, 3.8) is 0 Å². The van der Waals surface area contributed by atoms with Crippen LogP contribution < -0.4 is 9.80 Å². The Morgan fingerprint density at radius 2 is 1.57 bits per heavy atom. The van der Waals surface area contributed by atoms with E-state index in [2.05, 4.69) is 44.0 Å². The smallest absolute Gasteiger partial charge is 0.0737 e. The van der Waals surface area contributed by atoms with E-state index in [4.69, 9.17) is 11.6 Å². The predicted molar refractivity (Wildman–Crippen MR) is 95.4 cm³/mol. The van der Waals surface area contributed by atoms with Gasteiger partial charge in [-0.1, -0.05) is 11.6 Å². The first-order valence-electron chi connectivity index (χ1n) is 7.75. The standard InChI is InChI=1S/C18H17ClN4/c19-14-1-2-16-17(13-14)21-8-5-18(16)23-11-9-22(10-12-23)15-3-6-20-7-4-15/h1-8,13H,9-12H2. The Kier molecular flexibility index (Phi) is 3.75. The normalized spacial score (nSPS) is 15.2. The molecule has 2 aromatic heterocycles. The van der Waals surface area contributed by atoms with Gasteiger partial charge in [-0.2, -0.15) is 0 Å². The summed E-state index contributed by atoms with van der Waals surface area (Å²) >= 11 is 6.08. The summed E-state index contributed by atoms with van der Waals surface area (Å²) in [6.07, 6.45) is 5.56. The Morgan fingerprint density at radius 3 is 2.35 bits per heavy atom. The van der Waals surface area contributed by atoms with E-state index >= 15 is 0 Å². The maximum Gasteiger partial charge on any atom is 0.0737 e. The Hall–Kier alpha value is -2.33. The molecule has 1 aliphatic heterocycles. The molecule has 0 aliphatic carbocycles. The summed E-state index contributed by atoms with van der Waals surface area (Å²) in [4.78, 5) is 13.3. The molecular formula is C18H17ClN4. The lowest BCUT2D eigenvalue weighted by Gasteiger charge is -2.37. The maximum absolute atomic E-state index is 6.08. The van der Waals surface area contributed by atoms with Crippen molar-refractivity contribution in [1.82, 2.24) is 9.97 Å². The molecule has 1 aliphatic rings. The van der Waals surface area contributed by atoms with Crippen LogP contribution >= 0.6 is 11.6 Å². The van der Waals surface area contributed by atoms with Gasteiger partial charge in [0.1, 0.15) is 0 Å². The monoisotopic (exact) mass is 324 g/mol. The fourth-order valence-electron chi connectivity index (χ4n) is 3.14. The first-order valence-corrected chi connectivity index (χ1v) is 8.13. The highest BCUT2D eigenvalue weighted by molar-refractivity contribution is 6.31. The number of hydrogen-bond donors (Lipinski definition) is 0. The van der Waals surface area contributed by atoms with Crippen LogP contribution in [-0.2, 0) is 0 Å². The summed E-state index contributed by atoms with van der Waals surface area (Å²) in [6.45, 7) is 3.98. The minimum Gasteiger partial charge on any atom is -0.368 e. The van der Waals surface area contributed by atoms with Crippen LogP contribution in [0.15, 0.2) is 55.0 Å². The van der Waals surface area contributed by atoms with E-state index < -0.39 is 0 Å². The van der Waals surface area contributed by atoms with Crippen molar-refractivity contribution in [2.24, 2.45) is 0 Å². The zero-order valence-electron chi connectivity index (χ0n) is 12.7. The van der Waals surface area contributed by atoms with Gasteiger partial charge in [-0.25, -0.2) is 0 Å². The maximum atomic E-state index is 6.08. The van der Waals surface area contributed by atoms with E-state index in [1.54, 1.807) is 0 Å². The zero-order valence-corrected chi connectivity index (χ0v) is 13.4. The second-order valence-electron chi connectivity index (χ2n) is 5.67. The van der Waals surface area contributed by atoms with E-state index in [0.29, 0.717) is 0 Å². The number of rotatable bonds is 2. The minimum absolute atomic E-state index is 0.727. The Morgan fingerprint density at radius 1 is 0.826 bits per heavy atom. The summed E-state index contributed by atoms with van der Waals surface area (Å²) in [5.41, 5.74) is 3.43. The Bertz CT molecular complexity index is 814. The molecule has 0 saturated carbocycles. The molecule has 4 nitrogen and oxygen atoms in total. The first kappa shape index (κ1) is 14.3. The largest absolute Gasteiger partial charge is 0.368 e. The molecule has 116 valence electrons. The van der Waals surface area contributed by atoms with Gasteiger partial charge in [0.2, 0.25) is 0 Å². The van der Waals surface area contributed by atoms with Crippen molar-refractivity contribution >= 4 is 33.9 Å². The molecule has 0 spiro atoms. The number of fused-ring (bicyclic) bond motifs is 1. The minimum atomic E-state index is 0.727. The fourth-order valence-corrected chi connectivity index (χ4v) is 3.31. The van der Waals surface area contributed by atoms with Crippen LogP contribution in [-0.4, -0.2) is 36.1 Å². The molecule has 0 amide bonds. The van der Waals surface area contributed by atoms with Crippen LogP contribution in [0, 0.1) is 0 Å². The lowest BCUT2D eigenvalue weighted by atomic mass is 10.1. The molecule has 3 aromatic rings. The van der Waals surface area contributed by atoms with Gasteiger partial charge >= 0.3 is 0 Å². The van der Waals surface area contributed by atoms with Gasteiger partial charge in [0.15, 0.2) is 0 Å². The van der Waals surface area contributed by atoms with Gasteiger partial charge in [0.05, 0.1) is 5.52 Å². The summed E-state index contributed by atoms with van der Waals surface area (Å²) in [5.74, 6) is 0. The van der Waals surface area contributed by atoms with Gasteiger partial charge in [-0.15, -0.1) is 0 Å². The van der Waals surface area contributed by atoms with E-state index in [0.717, 1.165) is 42.1 Å². The molecule has 1 fully saturated rings. The van der Waals surface area contributed by atoms with Crippen LogP contribution in [0.4, 0.5) is 11.4 Å². The molecule has 23 heavy (non-hydrogen) atoms. The molecule has 0 atom stereocenters. The number of piperazine rings is 1. The fraction of sp³-hybridized carbons (Fsp3) is 0.222. The third-order valence-corrected chi connectivity index (χ3v) is 4.57. The number of hydrogen-bond acceptors (Lipinski definition) is 4. The number of halogens is 1. The summed E-state index contributed by atoms with van der Waals surface area (Å²) < 4.78 is 0. The van der Waals surface area contributed by atoms with Crippen LogP contribution in [0.1, 0.15) is 0 Å². The van der Waals surface area contributed by atoms with Crippen molar-refractivity contribution in [2.75, 3.05) is 36.0 Å². The number of aromatic nitrogens is 2. The SMILES string of the molecule is Clc1ccc2c(N3CCN(c4ccncc4)CC3)ccnc2c1. The van der Waals surface area contributed by atoms with E-state index in [1.165, 1.54) is 11.4 Å². The number of nitrogens with zero attached hydrogens (tertiary/aromatic N) is 4. The quantitative estimate of drug-likeness (QED) is 0.721. The molecule has 0 bridgehead atoms. The van der Waals surface area contributed by atoms with Crippen molar-refractivity contribution in [3.8, 4) is 0 Å². The molecule has 0 radical (unpaired) electrons. The summed E-state index contributed by atoms with van der Waals surface area (Å²) in [7, 11) is 0. The lowest BCUT2D eigenvalue weighted by Crippen LogP contribution is -2.46. The molecular weight excluding hydrogens is 308 g/mol. The van der Waals surface area contributed by atoms with Crippen LogP contribution in [0.5, 0.6) is 0 Å². The molecule has 3 heterocycles. The highest BCUT2D eigenvalue weighted by atomic mass is 35.5. The molecule has 1 aromatic carbocycles. The highest BCUT2D eigenvalue weighted by Gasteiger charge is 2.19. The van der Waals surface area contributed by atoms with Crippen molar-refractivity contribution in [3.05, 3.63) is 60.0 Å². The van der Waals surface area contributed by atoms with Gasteiger partial charge in [0.25, 0.3) is 0 Å². The highest BCUT2D eigenvalue weighted by Crippen LogP contribution is 2.28. The topological polar surface area (TPSA) is 32.3 Å². The lowest BCUT2D eigenvalue weighted by molar-refractivity contribution is 0.654. The van der Waals surface area contributed by atoms with Gasteiger partial charge in [-0.05, 0) is 36.4 Å². The molecule has 5 heteroatoms.